The van der Waals surface area contributed by atoms with Crippen molar-refractivity contribution in [3.8, 4) is 0 Å². The molecule has 0 saturated carbocycles. The lowest BCUT2D eigenvalue weighted by Crippen LogP contribution is -2.46. The third-order valence-electron chi connectivity index (χ3n) is 1.90. The van der Waals surface area contributed by atoms with Gasteiger partial charge in [-0.15, -0.1) is 0 Å². The molecule has 0 bridgehead atoms. The number of carbonyl (C=O) groups excluding carboxylic acids is 1. The van der Waals surface area contributed by atoms with Gasteiger partial charge >= 0.3 is 0 Å². The van der Waals surface area contributed by atoms with E-state index in [9.17, 15) is 4.79 Å². The predicted octanol–water partition coefficient (Wildman–Crippen LogP) is -0.316. The largest absolute Gasteiger partial charge is 0.383 e. The molecule has 0 aromatic carbocycles. The molecular weight excluding hydrogens is 144 g/mol. The number of hydrogen-bond acceptors (Lipinski definition) is 3. The van der Waals surface area contributed by atoms with Gasteiger partial charge in [-0.1, -0.05) is 0 Å². The Bertz CT molecular complexity index is 212. The topological polar surface area (TPSA) is 50.4 Å². The van der Waals surface area contributed by atoms with E-state index in [-0.39, 0.29) is 11.9 Å². The molecule has 1 fully saturated rings. The zero-order valence-electron chi connectivity index (χ0n) is 6.09. The van der Waals surface area contributed by atoms with Crippen LogP contribution < -0.4 is 10.8 Å². The van der Waals surface area contributed by atoms with Crippen molar-refractivity contribution in [2.24, 2.45) is 0 Å². The van der Waals surface area contributed by atoms with Crippen LogP contribution in [0.15, 0.2) is 11.8 Å². The molecule has 4 nitrogen and oxygen atoms in total. The van der Waals surface area contributed by atoms with Crippen LogP contribution >= 0.6 is 0 Å². The van der Waals surface area contributed by atoms with Crippen LogP contribution in [0.3, 0.4) is 0 Å². The Morgan fingerprint density at radius 2 is 2.55 bits per heavy atom. The van der Waals surface area contributed by atoms with Gasteiger partial charge in [0, 0.05) is 0 Å². The molecular formula is C7H10N2O2. The normalized spacial score (nSPS) is 29.6. The summed E-state index contributed by atoms with van der Waals surface area (Å²) in [6.07, 6.45) is 3.48. The zero-order chi connectivity index (χ0) is 7.68. The Balaban J connectivity index is 2.12. The van der Waals surface area contributed by atoms with E-state index >= 15 is 0 Å². The highest BCUT2D eigenvalue weighted by molar-refractivity contribution is 5.77. The summed E-state index contributed by atoms with van der Waals surface area (Å²) < 4.78 is 0. The maximum absolute atomic E-state index is 10.8. The van der Waals surface area contributed by atoms with Gasteiger partial charge in [-0.2, -0.15) is 5.48 Å². The number of amides is 1. The quantitative estimate of drug-likeness (QED) is 0.503. The Morgan fingerprint density at radius 1 is 1.64 bits per heavy atom. The van der Waals surface area contributed by atoms with Gasteiger partial charge in [0.25, 0.3) is 5.91 Å². The number of hydrogen-bond donors (Lipinski definition) is 2. The van der Waals surface area contributed by atoms with Crippen molar-refractivity contribution < 1.29 is 9.63 Å². The summed E-state index contributed by atoms with van der Waals surface area (Å²) in [7, 11) is 0. The maximum Gasteiger partial charge on any atom is 0.254 e. The average molecular weight is 154 g/mol. The molecule has 0 aromatic rings. The first-order valence-electron chi connectivity index (χ1n) is 3.75. The molecule has 60 valence electrons. The second-order valence-corrected chi connectivity index (χ2v) is 2.73. The van der Waals surface area contributed by atoms with Crippen LogP contribution in [0.25, 0.3) is 0 Å². The Labute approximate surface area is 64.6 Å². The third-order valence-corrected chi connectivity index (χ3v) is 1.90. The summed E-state index contributed by atoms with van der Waals surface area (Å²) >= 11 is 0. The van der Waals surface area contributed by atoms with E-state index in [0.717, 1.165) is 18.7 Å². The van der Waals surface area contributed by atoms with E-state index in [2.05, 4.69) is 10.8 Å². The van der Waals surface area contributed by atoms with Crippen LogP contribution in [0.5, 0.6) is 0 Å². The van der Waals surface area contributed by atoms with Gasteiger partial charge in [0.2, 0.25) is 0 Å². The summed E-state index contributed by atoms with van der Waals surface area (Å²) in [5, 5.41) is 3.20. The van der Waals surface area contributed by atoms with Gasteiger partial charge in [-0.3, -0.25) is 4.79 Å². The Kier molecular flexibility index (Phi) is 1.54. The van der Waals surface area contributed by atoms with Crippen LogP contribution in [0.4, 0.5) is 0 Å². The third kappa shape index (κ3) is 1.21. The second-order valence-electron chi connectivity index (χ2n) is 2.73. The molecule has 1 amide bonds. The molecule has 0 aliphatic carbocycles. The second kappa shape index (κ2) is 2.54. The smallest absolute Gasteiger partial charge is 0.254 e. The van der Waals surface area contributed by atoms with Crippen LogP contribution in [0.1, 0.15) is 12.8 Å². The average Bonchev–Trinajstić information content (AvgIpc) is 2.04. The van der Waals surface area contributed by atoms with Gasteiger partial charge < -0.3 is 10.2 Å². The van der Waals surface area contributed by atoms with Crippen LogP contribution in [0.2, 0.25) is 0 Å². The number of rotatable bonds is 0. The summed E-state index contributed by atoms with van der Waals surface area (Å²) in [5.41, 5.74) is 2.33. The van der Waals surface area contributed by atoms with Crippen molar-refractivity contribution in [2.75, 3.05) is 6.54 Å². The molecule has 11 heavy (non-hydrogen) atoms. The van der Waals surface area contributed by atoms with Crippen molar-refractivity contribution in [3.05, 3.63) is 11.8 Å². The van der Waals surface area contributed by atoms with E-state index in [1.54, 1.807) is 0 Å². The van der Waals surface area contributed by atoms with Crippen molar-refractivity contribution in [1.82, 2.24) is 10.8 Å². The van der Waals surface area contributed by atoms with Crippen molar-refractivity contribution in [1.29, 1.82) is 0 Å². The SMILES string of the molecule is O=C1CC2NCCC=C2ON1. The van der Waals surface area contributed by atoms with Gasteiger partial charge in [-0.05, 0) is 19.0 Å². The summed E-state index contributed by atoms with van der Waals surface area (Å²) in [5.74, 6) is 0.803. The molecule has 1 saturated heterocycles. The highest BCUT2D eigenvalue weighted by Crippen LogP contribution is 2.15. The van der Waals surface area contributed by atoms with Crippen LogP contribution in [-0.2, 0) is 9.63 Å². The van der Waals surface area contributed by atoms with Crippen molar-refractivity contribution in [2.45, 2.75) is 18.9 Å². The highest BCUT2D eigenvalue weighted by atomic mass is 16.7. The molecule has 1 unspecified atom stereocenters. The van der Waals surface area contributed by atoms with Gasteiger partial charge in [0.15, 0.2) is 0 Å². The summed E-state index contributed by atoms with van der Waals surface area (Å²) in [6.45, 7) is 0.935. The first-order valence-corrected chi connectivity index (χ1v) is 3.75. The minimum absolute atomic E-state index is 0.0541. The fourth-order valence-corrected chi connectivity index (χ4v) is 1.34. The highest BCUT2D eigenvalue weighted by Gasteiger charge is 2.26. The standard InChI is InChI=1S/C7H10N2O2/c10-7-4-5-6(11-9-7)2-1-3-8-5/h2,5,8H,1,3-4H2,(H,9,10). The first-order chi connectivity index (χ1) is 5.36. The van der Waals surface area contributed by atoms with E-state index in [0.29, 0.717) is 6.42 Å². The molecule has 2 rings (SSSR count). The molecule has 2 aliphatic heterocycles. The molecule has 0 radical (unpaired) electrons. The van der Waals surface area contributed by atoms with E-state index in [1.165, 1.54) is 0 Å². The van der Waals surface area contributed by atoms with E-state index in [4.69, 9.17) is 4.84 Å². The number of carbonyl (C=O) groups is 1. The lowest BCUT2D eigenvalue weighted by molar-refractivity contribution is -0.135. The van der Waals surface area contributed by atoms with Crippen LogP contribution in [0, 0.1) is 0 Å². The lowest BCUT2D eigenvalue weighted by atomic mass is 10.1. The molecule has 0 aromatic heterocycles. The molecule has 2 N–H and O–H groups in total. The van der Waals surface area contributed by atoms with E-state index in [1.807, 2.05) is 6.08 Å². The molecule has 1 atom stereocenters. The Morgan fingerprint density at radius 3 is 3.45 bits per heavy atom. The molecule has 2 heterocycles. The van der Waals surface area contributed by atoms with Crippen LogP contribution in [-0.4, -0.2) is 18.5 Å². The lowest BCUT2D eigenvalue weighted by Gasteiger charge is -2.28. The minimum Gasteiger partial charge on any atom is -0.383 e. The summed E-state index contributed by atoms with van der Waals surface area (Å²) in [4.78, 5) is 15.8. The molecule has 0 spiro atoms. The van der Waals surface area contributed by atoms with Crippen molar-refractivity contribution in [3.63, 3.8) is 0 Å². The van der Waals surface area contributed by atoms with Crippen molar-refractivity contribution >= 4 is 5.91 Å². The Hall–Kier alpha value is -1.03. The first kappa shape index (κ1) is 6.67. The van der Waals surface area contributed by atoms with Gasteiger partial charge in [-0.25, -0.2) is 0 Å². The van der Waals surface area contributed by atoms with E-state index < -0.39 is 0 Å². The fourth-order valence-electron chi connectivity index (χ4n) is 1.34. The fraction of sp³-hybridized carbons (Fsp3) is 0.571. The maximum atomic E-state index is 10.8. The zero-order valence-corrected chi connectivity index (χ0v) is 6.09. The minimum atomic E-state index is -0.0541. The van der Waals surface area contributed by atoms with Gasteiger partial charge in [0.05, 0.1) is 12.5 Å². The monoisotopic (exact) mass is 154 g/mol. The summed E-state index contributed by atoms with van der Waals surface area (Å²) in [6, 6.07) is 0.109. The number of fused-ring (bicyclic) bond motifs is 1. The molecule has 4 heteroatoms. The molecule has 2 aliphatic rings. The predicted molar refractivity (Wildman–Crippen MR) is 38.3 cm³/mol. The number of hydroxylamine groups is 1. The number of nitrogens with one attached hydrogen (secondary N) is 2. The van der Waals surface area contributed by atoms with Gasteiger partial charge in [0.1, 0.15) is 5.76 Å².